The summed E-state index contributed by atoms with van der Waals surface area (Å²) in [4.78, 5) is 16.5. The van der Waals surface area contributed by atoms with Crippen molar-refractivity contribution in [2.75, 3.05) is 6.61 Å². The minimum absolute atomic E-state index is 0.105. The van der Waals surface area contributed by atoms with Gasteiger partial charge in [-0.25, -0.2) is 18.2 Å². The van der Waals surface area contributed by atoms with Crippen LogP contribution in [0.4, 0.5) is 13.2 Å². The van der Waals surface area contributed by atoms with Crippen LogP contribution in [0.2, 0.25) is 0 Å². The van der Waals surface area contributed by atoms with E-state index < -0.39 is 28.8 Å². The van der Waals surface area contributed by atoms with Crippen LogP contribution in [0.1, 0.15) is 67.7 Å². The molecule has 0 spiro atoms. The van der Waals surface area contributed by atoms with E-state index in [1.54, 1.807) is 27.0 Å². The van der Waals surface area contributed by atoms with Gasteiger partial charge in [-0.05, 0) is 111 Å². The van der Waals surface area contributed by atoms with Crippen LogP contribution >= 0.6 is 0 Å². The Balaban J connectivity index is 1.15. The number of ether oxygens (including phenoxy) is 3. The molecule has 1 N–H and O–H groups in total. The van der Waals surface area contributed by atoms with Gasteiger partial charge in [0.1, 0.15) is 12.4 Å². The van der Waals surface area contributed by atoms with E-state index in [-0.39, 0.29) is 47.6 Å². The summed E-state index contributed by atoms with van der Waals surface area (Å²) in [5, 5.41) is 10.1. The zero-order valence-electron chi connectivity index (χ0n) is 23.9. The number of benzene rings is 2. The minimum Gasteiger partial charge on any atom is -0.484 e. The molecule has 2 saturated carbocycles. The molecule has 9 heteroatoms. The molecule has 2 aromatic carbocycles. The zero-order valence-corrected chi connectivity index (χ0v) is 23.9. The van der Waals surface area contributed by atoms with Gasteiger partial charge in [0.25, 0.3) is 0 Å². The first-order chi connectivity index (χ1) is 20.0. The lowest BCUT2D eigenvalue weighted by molar-refractivity contribution is -0.145. The van der Waals surface area contributed by atoms with E-state index in [9.17, 15) is 14.3 Å². The van der Waals surface area contributed by atoms with E-state index in [0.29, 0.717) is 49.3 Å². The van der Waals surface area contributed by atoms with E-state index >= 15 is 8.78 Å². The molecule has 6 rings (SSSR count). The first kappa shape index (κ1) is 28.5. The van der Waals surface area contributed by atoms with Crippen LogP contribution in [-0.2, 0) is 22.6 Å². The Morgan fingerprint density at radius 2 is 1.79 bits per heavy atom. The summed E-state index contributed by atoms with van der Waals surface area (Å²) in [7, 11) is 0. The maximum absolute atomic E-state index is 15.1. The van der Waals surface area contributed by atoms with E-state index in [4.69, 9.17) is 14.2 Å². The SMILES string of the molecule is CCOC(=O)[C@H]1[C@@H]2Cc3cc(OCc4cc(-c5cc(F)c(O[C@H]6CC[C@](C)(O)CC6)c(F)c5)c(C)cc4F)ncc3[C@@H]21. The maximum atomic E-state index is 15.1. The highest BCUT2D eigenvalue weighted by molar-refractivity contribution is 5.79. The molecular formula is C33H34F3NO5. The van der Waals surface area contributed by atoms with Crippen LogP contribution in [0, 0.1) is 36.2 Å². The Hall–Kier alpha value is -3.59. The van der Waals surface area contributed by atoms with Crippen LogP contribution < -0.4 is 9.47 Å². The van der Waals surface area contributed by atoms with Gasteiger partial charge in [0.2, 0.25) is 5.88 Å². The number of aromatic nitrogens is 1. The number of halogens is 3. The summed E-state index contributed by atoms with van der Waals surface area (Å²) in [6.45, 7) is 5.45. The molecule has 0 bridgehead atoms. The number of pyridine rings is 1. The molecule has 0 radical (unpaired) electrons. The minimum atomic E-state index is -0.838. The van der Waals surface area contributed by atoms with E-state index in [2.05, 4.69) is 4.98 Å². The van der Waals surface area contributed by atoms with Gasteiger partial charge >= 0.3 is 5.97 Å². The maximum Gasteiger partial charge on any atom is 0.309 e. The first-order valence-electron chi connectivity index (χ1n) is 14.5. The van der Waals surface area contributed by atoms with E-state index in [1.807, 2.05) is 6.07 Å². The average molecular weight is 582 g/mol. The molecule has 3 aliphatic carbocycles. The van der Waals surface area contributed by atoms with Crippen LogP contribution in [-0.4, -0.2) is 34.4 Å². The normalized spacial score (nSPS) is 25.9. The fraction of sp³-hybridized carbons (Fsp3) is 0.455. The van der Waals surface area contributed by atoms with Gasteiger partial charge in [-0.15, -0.1) is 0 Å². The summed E-state index contributed by atoms with van der Waals surface area (Å²) in [5.74, 6) is -2.18. The van der Waals surface area contributed by atoms with Crippen molar-refractivity contribution in [2.45, 2.75) is 77.1 Å². The molecule has 3 aliphatic rings. The van der Waals surface area contributed by atoms with Gasteiger partial charge in [-0.3, -0.25) is 4.79 Å². The average Bonchev–Trinajstić information content (AvgIpc) is 3.52. The quantitative estimate of drug-likeness (QED) is 0.303. The van der Waals surface area contributed by atoms with Gasteiger partial charge in [-0.2, -0.15) is 0 Å². The molecule has 3 atom stereocenters. The first-order valence-corrected chi connectivity index (χ1v) is 14.5. The summed E-state index contributed by atoms with van der Waals surface area (Å²) in [6, 6.07) is 7.07. The van der Waals surface area contributed by atoms with Gasteiger partial charge < -0.3 is 19.3 Å². The lowest BCUT2D eigenvalue weighted by atomic mass is 9.85. The topological polar surface area (TPSA) is 77.9 Å². The molecule has 42 heavy (non-hydrogen) atoms. The van der Waals surface area contributed by atoms with Crippen molar-refractivity contribution < 1.29 is 37.3 Å². The fourth-order valence-corrected chi connectivity index (χ4v) is 6.52. The molecule has 0 saturated heterocycles. The number of carbonyl (C=O) groups excluding carboxylic acids is 1. The lowest BCUT2D eigenvalue weighted by Gasteiger charge is -2.33. The van der Waals surface area contributed by atoms with Gasteiger partial charge in [-0.1, -0.05) is 0 Å². The van der Waals surface area contributed by atoms with Crippen molar-refractivity contribution in [3.8, 4) is 22.8 Å². The van der Waals surface area contributed by atoms with Crippen molar-refractivity contribution in [1.82, 2.24) is 4.98 Å². The molecule has 222 valence electrons. The second kappa shape index (κ2) is 10.9. The van der Waals surface area contributed by atoms with Crippen molar-refractivity contribution in [3.63, 3.8) is 0 Å². The number of fused-ring (bicyclic) bond motifs is 3. The third kappa shape index (κ3) is 5.46. The number of rotatable bonds is 8. The van der Waals surface area contributed by atoms with E-state index in [1.165, 1.54) is 24.3 Å². The molecular weight excluding hydrogens is 547 g/mol. The predicted molar refractivity (Wildman–Crippen MR) is 149 cm³/mol. The number of esters is 1. The van der Waals surface area contributed by atoms with Crippen molar-refractivity contribution >= 4 is 5.97 Å². The molecule has 2 fully saturated rings. The molecule has 1 heterocycles. The van der Waals surface area contributed by atoms with Crippen LogP contribution in [0.5, 0.6) is 11.6 Å². The standard InChI is InChI=1S/C33H34F3NO5/c1-4-40-32(38)30-23-10-18-14-28(37-15-24(18)29(23)30)41-16-20-11-22(17(2)9-25(20)34)19-12-26(35)31(27(36)13-19)42-21-5-7-33(3,39)8-6-21/h9,11-15,21,23,29-30,39H,4-8,10,16H2,1-3H3/t21-,23-,29-,30+,33-/m1/s1. The van der Waals surface area contributed by atoms with Gasteiger partial charge in [0.05, 0.1) is 24.2 Å². The number of aliphatic hydroxyl groups is 1. The van der Waals surface area contributed by atoms with Crippen LogP contribution in [0.3, 0.4) is 0 Å². The van der Waals surface area contributed by atoms with Crippen molar-refractivity contribution in [2.24, 2.45) is 11.8 Å². The smallest absolute Gasteiger partial charge is 0.309 e. The van der Waals surface area contributed by atoms with Gasteiger partial charge in [0.15, 0.2) is 17.4 Å². The Kier molecular flexibility index (Phi) is 7.41. The summed E-state index contributed by atoms with van der Waals surface area (Å²) in [5.41, 5.74) is 2.78. The summed E-state index contributed by atoms with van der Waals surface area (Å²) >= 11 is 0. The predicted octanol–water partition coefficient (Wildman–Crippen LogP) is 6.57. The lowest BCUT2D eigenvalue weighted by Crippen LogP contribution is -2.35. The fourth-order valence-electron chi connectivity index (χ4n) is 6.52. The zero-order chi connectivity index (χ0) is 29.8. The second-order valence-corrected chi connectivity index (χ2v) is 12.0. The largest absolute Gasteiger partial charge is 0.484 e. The summed E-state index contributed by atoms with van der Waals surface area (Å²) < 4.78 is 61.7. The Labute approximate surface area is 242 Å². The highest BCUT2D eigenvalue weighted by atomic mass is 19.1. The molecule has 6 nitrogen and oxygen atoms in total. The molecule has 0 unspecified atom stereocenters. The number of aryl methyl sites for hydroxylation is 1. The van der Waals surface area contributed by atoms with Crippen LogP contribution in [0.25, 0.3) is 11.1 Å². The van der Waals surface area contributed by atoms with Crippen molar-refractivity contribution in [1.29, 1.82) is 0 Å². The Morgan fingerprint density at radius 3 is 2.48 bits per heavy atom. The van der Waals surface area contributed by atoms with Gasteiger partial charge in [0, 0.05) is 23.7 Å². The third-order valence-electron chi connectivity index (χ3n) is 8.91. The number of carbonyl (C=O) groups is 1. The van der Waals surface area contributed by atoms with Crippen LogP contribution in [0.15, 0.2) is 36.5 Å². The van der Waals surface area contributed by atoms with E-state index in [0.717, 1.165) is 17.5 Å². The summed E-state index contributed by atoms with van der Waals surface area (Å²) in [6.07, 6.45) is 4.08. The molecule has 0 aliphatic heterocycles. The monoisotopic (exact) mass is 581 g/mol. The third-order valence-corrected chi connectivity index (χ3v) is 8.91. The highest BCUT2D eigenvalue weighted by Gasteiger charge is 2.60. The molecule has 1 aromatic heterocycles. The molecule has 3 aromatic rings. The molecule has 0 amide bonds. The second-order valence-electron chi connectivity index (χ2n) is 12.0. The number of hydrogen-bond donors (Lipinski definition) is 1. The Bertz CT molecular complexity index is 1510. The highest BCUT2D eigenvalue weighted by Crippen LogP contribution is 2.61. The van der Waals surface area contributed by atoms with Crippen molar-refractivity contribution in [3.05, 3.63) is 76.2 Å². The Morgan fingerprint density at radius 1 is 1.07 bits per heavy atom. The number of nitrogens with zero attached hydrogens (tertiary/aromatic N) is 1. The number of hydrogen-bond acceptors (Lipinski definition) is 6.